The zero-order chi connectivity index (χ0) is 13.9. The number of hydrogen-bond donors (Lipinski definition) is 1. The maximum absolute atomic E-state index is 5.43. The minimum absolute atomic E-state index is 0.514. The van der Waals surface area contributed by atoms with Crippen molar-refractivity contribution in [2.24, 2.45) is 13.0 Å². The van der Waals surface area contributed by atoms with Crippen molar-refractivity contribution in [3.8, 4) is 0 Å². The van der Waals surface area contributed by atoms with E-state index in [2.05, 4.69) is 41.6 Å². The lowest BCUT2D eigenvalue weighted by molar-refractivity contribution is 0.0557. The number of fused-ring (bicyclic) bond motifs is 1. The zero-order valence-electron chi connectivity index (χ0n) is 12.3. The van der Waals surface area contributed by atoms with Crippen LogP contribution in [-0.2, 0) is 18.3 Å². The van der Waals surface area contributed by atoms with Crippen molar-refractivity contribution in [1.82, 2.24) is 15.1 Å². The van der Waals surface area contributed by atoms with E-state index in [4.69, 9.17) is 4.74 Å². The van der Waals surface area contributed by atoms with Gasteiger partial charge in [0.15, 0.2) is 0 Å². The van der Waals surface area contributed by atoms with Crippen LogP contribution in [0.5, 0.6) is 0 Å². The molecule has 0 amide bonds. The van der Waals surface area contributed by atoms with Crippen molar-refractivity contribution >= 4 is 10.9 Å². The number of nitrogens with zero attached hydrogens (tertiary/aromatic N) is 2. The van der Waals surface area contributed by atoms with E-state index >= 15 is 0 Å². The van der Waals surface area contributed by atoms with Gasteiger partial charge in [-0.2, -0.15) is 5.10 Å². The van der Waals surface area contributed by atoms with E-state index < -0.39 is 0 Å². The Hall–Kier alpha value is -1.39. The van der Waals surface area contributed by atoms with E-state index in [0.717, 1.165) is 44.2 Å². The number of benzene rings is 1. The van der Waals surface area contributed by atoms with Gasteiger partial charge in [-0.05, 0) is 31.7 Å². The van der Waals surface area contributed by atoms with Crippen LogP contribution in [0.25, 0.3) is 10.9 Å². The van der Waals surface area contributed by atoms with Crippen LogP contribution in [0.1, 0.15) is 25.5 Å². The van der Waals surface area contributed by atoms with E-state index in [-0.39, 0.29) is 0 Å². The molecular weight excluding hydrogens is 250 g/mol. The van der Waals surface area contributed by atoms with Crippen LogP contribution in [-0.4, -0.2) is 29.0 Å². The fourth-order valence-corrected chi connectivity index (χ4v) is 3.06. The molecule has 1 saturated heterocycles. The molecule has 4 nitrogen and oxygen atoms in total. The standard InChI is InChI=1S/C16H23N3O/c1-12(13-7-9-20-10-8-13)17-11-15-14-5-3-4-6-16(14)19(2)18-15/h3-6,12-13,17H,7-11H2,1-2H3. The van der Waals surface area contributed by atoms with Crippen LogP contribution in [0.15, 0.2) is 24.3 Å². The second-order valence-electron chi connectivity index (χ2n) is 5.71. The summed E-state index contributed by atoms with van der Waals surface area (Å²) >= 11 is 0. The summed E-state index contributed by atoms with van der Waals surface area (Å²) in [6, 6.07) is 8.92. The van der Waals surface area contributed by atoms with Crippen molar-refractivity contribution in [3.63, 3.8) is 0 Å². The van der Waals surface area contributed by atoms with Crippen molar-refractivity contribution < 1.29 is 4.74 Å². The Morgan fingerprint density at radius 2 is 2.10 bits per heavy atom. The zero-order valence-corrected chi connectivity index (χ0v) is 12.3. The second-order valence-corrected chi connectivity index (χ2v) is 5.71. The highest BCUT2D eigenvalue weighted by Gasteiger charge is 2.20. The van der Waals surface area contributed by atoms with E-state index in [1.807, 2.05) is 11.7 Å². The number of nitrogens with one attached hydrogen (secondary N) is 1. The maximum atomic E-state index is 5.43. The molecule has 3 rings (SSSR count). The highest BCUT2D eigenvalue weighted by molar-refractivity contribution is 5.81. The third kappa shape index (κ3) is 2.72. The van der Waals surface area contributed by atoms with Crippen LogP contribution in [0.2, 0.25) is 0 Å². The quantitative estimate of drug-likeness (QED) is 0.930. The molecule has 1 aliphatic rings. The van der Waals surface area contributed by atoms with Gasteiger partial charge in [0, 0.05) is 38.2 Å². The lowest BCUT2D eigenvalue weighted by Gasteiger charge is -2.28. The monoisotopic (exact) mass is 273 g/mol. The lowest BCUT2D eigenvalue weighted by atomic mass is 9.93. The Balaban J connectivity index is 1.67. The average molecular weight is 273 g/mol. The van der Waals surface area contributed by atoms with Gasteiger partial charge in [0.05, 0.1) is 11.2 Å². The molecule has 20 heavy (non-hydrogen) atoms. The summed E-state index contributed by atoms with van der Waals surface area (Å²) in [5.74, 6) is 0.721. The van der Waals surface area contributed by atoms with E-state index in [1.54, 1.807) is 0 Å². The Bertz CT molecular complexity index is 572. The summed E-state index contributed by atoms with van der Waals surface area (Å²) in [6.45, 7) is 4.92. The third-order valence-corrected chi connectivity index (χ3v) is 4.40. The van der Waals surface area contributed by atoms with Crippen LogP contribution in [0.4, 0.5) is 0 Å². The predicted octanol–water partition coefficient (Wildman–Crippen LogP) is 2.48. The normalized spacial score (nSPS) is 18.5. The van der Waals surface area contributed by atoms with Gasteiger partial charge >= 0.3 is 0 Å². The Morgan fingerprint density at radius 3 is 2.90 bits per heavy atom. The number of aryl methyl sites for hydroxylation is 1. The molecule has 1 aromatic heterocycles. The topological polar surface area (TPSA) is 39.1 Å². The molecule has 2 aromatic rings. The summed E-state index contributed by atoms with van der Waals surface area (Å²) < 4.78 is 7.39. The van der Waals surface area contributed by atoms with Gasteiger partial charge < -0.3 is 10.1 Å². The molecule has 1 N–H and O–H groups in total. The van der Waals surface area contributed by atoms with Crippen molar-refractivity contribution in [2.75, 3.05) is 13.2 Å². The Labute approximate surface area is 120 Å². The van der Waals surface area contributed by atoms with Crippen molar-refractivity contribution in [1.29, 1.82) is 0 Å². The summed E-state index contributed by atoms with van der Waals surface area (Å²) in [7, 11) is 2.01. The molecule has 1 unspecified atom stereocenters. The van der Waals surface area contributed by atoms with Gasteiger partial charge in [0.2, 0.25) is 0 Å². The number of hydrogen-bond acceptors (Lipinski definition) is 3. The smallest absolute Gasteiger partial charge is 0.0841 e. The molecule has 1 aliphatic heterocycles. The maximum Gasteiger partial charge on any atom is 0.0841 e. The number of rotatable bonds is 4. The van der Waals surface area contributed by atoms with Gasteiger partial charge in [-0.3, -0.25) is 4.68 Å². The molecule has 0 bridgehead atoms. The fraction of sp³-hybridized carbons (Fsp3) is 0.562. The summed E-state index contributed by atoms with van der Waals surface area (Å²) in [5.41, 5.74) is 2.34. The van der Waals surface area contributed by atoms with Crippen molar-refractivity contribution in [2.45, 2.75) is 32.4 Å². The molecule has 1 atom stereocenters. The molecule has 2 heterocycles. The highest BCUT2D eigenvalue weighted by Crippen LogP contribution is 2.20. The van der Waals surface area contributed by atoms with Crippen LogP contribution in [0, 0.1) is 5.92 Å². The second kappa shape index (κ2) is 5.94. The molecule has 0 spiro atoms. The van der Waals surface area contributed by atoms with Gasteiger partial charge in [0.25, 0.3) is 0 Å². The molecule has 1 fully saturated rings. The minimum atomic E-state index is 0.514. The largest absolute Gasteiger partial charge is 0.381 e. The molecule has 108 valence electrons. The summed E-state index contributed by atoms with van der Waals surface area (Å²) in [4.78, 5) is 0. The van der Waals surface area contributed by atoms with Crippen molar-refractivity contribution in [3.05, 3.63) is 30.0 Å². The highest BCUT2D eigenvalue weighted by atomic mass is 16.5. The van der Waals surface area contributed by atoms with Gasteiger partial charge in [0.1, 0.15) is 0 Å². The number of para-hydroxylation sites is 1. The van der Waals surface area contributed by atoms with E-state index in [0.29, 0.717) is 6.04 Å². The first-order valence-electron chi connectivity index (χ1n) is 7.47. The average Bonchev–Trinajstić information content (AvgIpc) is 2.83. The van der Waals surface area contributed by atoms with Gasteiger partial charge in [-0.1, -0.05) is 18.2 Å². The van der Waals surface area contributed by atoms with Crippen LogP contribution in [0.3, 0.4) is 0 Å². The van der Waals surface area contributed by atoms with Gasteiger partial charge in [-0.25, -0.2) is 0 Å². The van der Waals surface area contributed by atoms with E-state index in [1.165, 1.54) is 10.9 Å². The van der Waals surface area contributed by atoms with Crippen LogP contribution >= 0.6 is 0 Å². The predicted molar refractivity (Wildman–Crippen MR) is 80.6 cm³/mol. The first kappa shape index (κ1) is 13.6. The molecular formula is C16H23N3O. The minimum Gasteiger partial charge on any atom is -0.381 e. The van der Waals surface area contributed by atoms with E-state index in [9.17, 15) is 0 Å². The Kier molecular flexibility index (Phi) is 4.03. The third-order valence-electron chi connectivity index (χ3n) is 4.40. The molecule has 1 aromatic carbocycles. The molecule has 0 aliphatic carbocycles. The Morgan fingerprint density at radius 1 is 1.35 bits per heavy atom. The number of ether oxygens (including phenoxy) is 1. The van der Waals surface area contributed by atoms with Crippen LogP contribution < -0.4 is 5.32 Å². The molecule has 4 heteroatoms. The first-order valence-corrected chi connectivity index (χ1v) is 7.47. The molecule has 0 saturated carbocycles. The van der Waals surface area contributed by atoms with Gasteiger partial charge in [-0.15, -0.1) is 0 Å². The summed E-state index contributed by atoms with van der Waals surface area (Å²) in [5, 5.41) is 9.53. The SMILES string of the molecule is CC(NCc1nn(C)c2ccccc12)C1CCOCC1. The first-order chi connectivity index (χ1) is 9.75. The molecule has 0 radical (unpaired) electrons. The number of aromatic nitrogens is 2. The summed E-state index contributed by atoms with van der Waals surface area (Å²) in [6.07, 6.45) is 2.33. The fourth-order valence-electron chi connectivity index (χ4n) is 3.06. The lowest BCUT2D eigenvalue weighted by Crippen LogP contribution is -2.36.